The molecule has 3 aliphatic heterocycles. The largest absolute Gasteiger partial charge is 0.374 e. The van der Waals surface area contributed by atoms with Gasteiger partial charge in [0.25, 0.3) is 0 Å². The van der Waals surface area contributed by atoms with Gasteiger partial charge in [0.05, 0.1) is 6.04 Å². The second-order valence-corrected chi connectivity index (χ2v) is 4.37. The van der Waals surface area contributed by atoms with E-state index >= 15 is 0 Å². The molecule has 0 aromatic carbocycles. The summed E-state index contributed by atoms with van der Waals surface area (Å²) in [6, 6.07) is 0.101. The van der Waals surface area contributed by atoms with Crippen molar-refractivity contribution in [2.75, 3.05) is 45.9 Å². The Kier molecular flexibility index (Phi) is 3.72. The zero-order chi connectivity index (χ0) is 10.7. The fourth-order valence-electron chi connectivity index (χ4n) is 2.34. The van der Waals surface area contributed by atoms with Crippen LogP contribution in [0, 0.1) is 0 Å². The first-order chi connectivity index (χ1) is 7.31. The van der Waals surface area contributed by atoms with Crippen molar-refractivity contribution >= 4 is 5.78 Å². The van der Waals surface area contributed by atoms with Crippen molar-refractivity contribution in [2.45, 2.75) is 19.4 Å². The number of fused-ring (bicyclic) bond motifs is 3. The lowest BCUT2D eigenvalue weighted by atomic mass is 10.0. The molecule has 3 aliphatic rings. The number of nitrogens with zero attached hydrogens (tertiary/aromatic N) is 2. The molecular formula is C11H20N2O2. The number of carbonyl (C=O) groups excluding carboxylic acids is 1. The first kappa shape index (κ1) is 11.0. The highest BCUT2D eigenvalue weighted by Crippen LogP contribution is 2.16. The summed E-state index contributed by atoms with van der Waals surface area (Å²) in [6.45, 7) is 8.30. The molecule has 0 radical (unpaired) electrons. The van der Waals surface area contributed by atoms with Crippen LogP contribution in [0.15, 0.2) is 0 Å². The second-order valence-electron chi connectivity index (χ2n) is 4.37. The maximum absolute atomic E-state index is 11.9. The van der Waals surface area contributed by atoms with Crippen LogP contribution < -0.4 is 0 Å². The molecule has 15 heavy (non-hydrogen) atoms. The van der Waals surface area contributed by atoms with E-state index in [1.165, 1.54) is 0 Å². The van der Waals surface area contributed by atoms with Gasteiger partial charge in [-0.05, 0) is 6.42 Å². The van der Waals surface area contributed by atoms with Crippen molar-refractivity contribution in [3.8, 4) is 0 Å². The number of hydrogen-bond donors (Lipinski definition) is 0. The molecule has 3 saturated heterocycles. The normalized spacial score (nSPS) is 34.3. The summed E-state index contributed by atoms with van der Waals surface area (Å²) in [5, 5.41) is 0. The van der Waals surface area contributed by atoms with Gasteiger partial charge in [0.15, 0.2) is 5.78 Å². The van der Waals surface area contributed by atoms with E-state index in [-0.39, 0.29) is 11.8 Å². The van der Waals surface area contributed by atoms with Gasteiger partial charge in [-0.2, -0.15) is 0 Å². The Hall–Kier alpha value is -0.450. The van der Waals surface area contributed by atoms with Crippen molar-refractivity contribution in [1.29, 1.82) is 0 Å². The third-order valence-electron chi connectivity index (χ3n) is 3.24. The lowest BCUT2D eigenvalue weighted by molar-refractivity contribution is -0.134. The Morgan fingerprint density at radius 2 is 2.07 bits per heavy atom. The molecule has 4 nitrogen and oxygen atoms in total. The topological polar surface area (TPSA) is 32.8 Å². The molecule has 0 aromatic rings. The highest BCUT2D eigenvalue weighted by atomic mass is 16.5. The predicted octanol–water partition coefficient (Wildman–Crippen LogP) is -0.0181. The van der Waals surface area contributed by atoms with Gasteiger partial charge in [0.1, 0.15) is 6.61 Å². The van der Waals surface area contributed by atoms with Crippen LogP contribution >= 0.6 is 0 Å². The number of rotatable bonds is 5. The molecule has 86 valence electrons. The average molecular weight is 212 g/mol. The quantitative estimate of drug-likeness (QED) is 0.600. The third kappa shape index (κ3) is 2.56. The second kappa shape index (κ2) is 5.05. The van der Waals surface area contributed by atoms with Gasteiger partial charge < -0.3 is 4.74 Å². The summed E-state index contributed by atoms with van der Waals surface area (Å²) in [5.41, 5.74) is 0. The molecule has 0 amide bonds. The van der Waals surface area contributed by atoms with Crippen molar-refractivity contribution in [3.63, 3.8) is 0 Å². The van der Waals surface area contributed by atoms with Gasteiger partial charge in [0.2, 0.25) is 0 Å². The number of piperazine rings is 3. The van der Waals surface area contributed by atoms with E-state index in [1.807, 2.05) is 0 Å². The number of carbonyl (C=O) groups is 1. The van der Waals surface area contributed by atoms with Crippen LogP contribution in [0.2, 0.25) is 0 Å². The highest BCUT2D eigenvalue weighted by molar-refractivity contribution is 5.85. The molecule has 0 aromatic heterocycles. The van der Waals surface area contributed by atoms with E-state index in [2.05, 4.69) is 16.7 Å². The number of ether oxygens (including phenoxy) is 1. The molecule has 1 atom stereocenters. The summed E-state index contributed by atoms with van der Waals surface area (Å²) in [4.78, 5) is 16.6. The molecule has 0 saturated carbocycles. The predicted molar refractivity (Wildman–Crippen MR) is 57.9 cm³/mol. The van der Waals surface area contributed by atoms with E-state index < -0.39 is 0 Å². The first-order valence-corrected chi connectivity index (χ1v) is 5.88. The SMILES string of the molecule is CCCOCC(=O)C1CN2CCN1CC2. The summed E-state index contributed by atoms with van der Waals surface area (Å²) in [7, 11) is 0. The molecule has 0 N–H and O–H groups in total. The number of hydrogen-bond acceptors (Lipinski definition) is 4. The van der Waals surface area contributed by atoms with Gasteiger partial charge in [-0.1, -0.05) is 6.92 Å². The smallest absolute Gasteiger partial charge is 0.176 e. The van der Waals surface area contributed by atoms with Crippen LogP contribution in [-0.4, -0.2) is 67.6 Å². The molecule has 4 heteroatoms. The monoisotopic (exact) mass is 212 g/mol. The van der Waals surface area contributed by atoms with Crippen molar-refractivity contribution in [3.05, 3.63) is 0 Å². The van der Waals surface area contributed by atoms with Crippen molar-refractivity contribution < 1.29 is 9.53 Å². The summed E-state index contributed by atoms with van der Waals surface area (Å²) >= 11 is 0. The summed E-state index contributed by atoms with van der Waals surface area (Å²) in [5.74, 6) is 0.257. The standard InChI is InChI=1S/C11H20N2O2/c1-2-7-15-9-11(14)10-8-12-3-5-13(10)6-4-12/h10H,2-9H2,1H3. The maximum Gasteiger partial charge on any atom is 0.176 e. The zero-order valence-electron chi connectivity index (χ0n) is 9.45. The Bertz CT molecular complexity index is 225. The Morgan fingerprint density at radius 1 is 1.33 bits per heavy atom. The van der Waals surface area contributed by atoms with E-state index in [4.69, 9.17) is 4.74 Å². The molecule has 0 spiro atoms. The Labute approximate surface area is 91.2 Å². The van der Waals surface area contributed by atoms with Crippen LogP contribution in [0.5, 0.6) is 0 Å². The highest BCUT2D eigenvalue weighted by Gasteiger charge is 2.35. The van der Waals surface area contributed by atoms with Gasteiger partial charge in [-0.3, -0.25) is 14.6 Å². The van der Waals surface area contributed by atoms with Crippen LogP contribution in [0.4, 0.5) is 0 Å². The molecule has 1 unspecified atom stereocenters. The zero-order valence-corrected chi connectivity index (χ0v) is 9.45. The van der Waals surface area contributed by atoms with Gasteiger partial charge in [-0.15, -0.1) is 0 Å². The fourth-order valence-corrected chi connectivity index (χ4v) is 2.34. The minimum absolute atomic E-state index is 0.101. The molecule has 3 rings (SSSR count). The molecule has 3 fully saturated rings. The lowest BCUT2D eigenvalue weighted by Gasteiger charge is -2.46. The maximum atomic E-state index is 11.9. The third-order valence-corrected chi connectivity index (χ3v) is 3.24. The van der Waals surface area contributed by atoms with E-state index in [0.29, 0.717) is 13.2 Å². The average Bonchev–Trinajstić information content (AvgIpc) is 2.30. The summed E-state index contributed by atoms with van der Waals surface area (Å²) in [6.07, 6.45) is 0.980. The minimum Gasteiger partial charge on any atom is -0.374 e. The molecule has 0 aliphatic carbocycles. The molecule has 3 heterocycles. The van der Waals surface area contributed by atoms with E-state index in [1.54, 1.807) is 0 Å². The molecular weight excluding hydrogens is 192 g/mol. The van der Waals surface area contributed by atoms with Crippen LogP contribution in [0.25, 0.3) is 0 Å². The van der Waals surface area contributed by atoms with Crippen LogP contribution in [0.3, 0.4) is 0 Å². The Balaban J connectivity index is 1.80. The Morgan fingerprint density at radius 3 is 2.60 bits per heavy atom. The van der Waals surface area contributed by atoms with Crippen molar-refractivity contribution in [2.24, 2.45) is 0 Å². The van der Waals surface area contributed by atoms with Crippen LogP contribution in [-0.2, 0) is 9.53 Å². The fraction of sp³-hybridized carbons (Fsp3) is 0.909. The number of Topliss-reactive ketones (excluding diaryl/α,β-unsaturated/α-hetero) is 1. The van der Waals surface area contributed by atoms with E-state index in [0.717, 1.165) is 39.1 Å². The molecule has 2 bridgehead atoms. The summed E-state index contributed by atoms with van der Waals surface area (Å²) < 4.78 is 5.31. The first-order valence-electron chi connectivity index (χ1n) is 5.88. The van der Waals surface area contributed by atoms with Gasteiger partial charge in [0, 0.05) is 39.3 Å². The van der Waals surface area contributed by atoms with Gasteiger partial charge in [-0.25, -0.2) is 0 Å². The minimum atomic E-state index is 0.101. The van der Waals surface area contributed by atoms with Crippen molar-refractivity contribution in [1.82, 2.24) is 9.80 Å². The lowest BCUT2D eigenvalue weighted by Crippen LogP contribution is -2.63. The van der Waals surface area contributed by atoms with E-state index in [9.17, 15) is 4.79 Å². The van der Waals surface area contributed by atoms with Crippen LogP contribution in [0.1, 0.15) is 13.3 Å². The number of ketones is 1. The van der Waals surface area contributed by atoms with Gasteiger partial charge >= 0.3 is 0 Å².